The predicted molar refractivity (Wildman–Crippen MR) is 90.4 cm³/mol. The van der Waals surface area contributed by atoms with Crippen LogP contribution in [0.2, 0.25) is 0 Å². The zero-order valence-corrected chi connectivity index (χ0v) is 14.5. The van der Waals surface area contributed by atoms with E-state index in [1.54, 1.807) is 18.3 Å². The summed E-state index contributed by atoms with van der Waals surface area (Å²) >= 11 is 0. The van der Waals surface area contributed by atoms with Crippen LogP contribution in [0.15, 0.2) is 42.6 Å². The van der Waals surface area contributed by atoms with E-state index in [-0.39, 0.29) is 0 Å². The third kappa shape index (κ3) is 3.44. The van der Waals surface area contributed by atoms with Crippen LogP contribution in [0.1, 0.15) is 33.3 Å². The monoisotopic (exact) mass is 349 g/mol. The highest BCUT2D eigenvalue weighted by atomic mass is 19.4. The van der Waals surface area contributed by atoms with E-state index in [9.17, 15) is 13.2 Å². The first-order chi connectivity index (χ1) is 11.5. The summed E-state index contributed by atoms with van der Waals surface area (Å²) in [5.74, 6) is 0. The Morgan fingerprint density at radius 3 is 1.96 bits per heavy atom. The number of rotatable bonds is 2. The fraction of sp³-hybridized carbons (Fsp3) is 0.389. The molecule has 0 bridgehead atoms. The van der Waals surface area contributed by atoms with Crippen LogP contribution < -0.4 is 5.59 Å². The largest absolute Gasteiger partial charge is 0.514 e. The van der Waals surface area contributed by atoms with Gasteiger partial charge in [0, 0.05) is 6.20 Å². The van der Waals surface area contributed by atoms with E-state index in [0.717, 1.165) is 17.7 Å². The molecule has 25 heavy (non-hydrogen) atoms. The average Bonchev–Trinajstić information content (AvgIpc) is 2.75. The van der Waals surface area contributed by atoms with Crippen molar-refractivity contribution in [1.82, 2.24) is 4.98 Å². The van der Waals surface area contributed by atoms with Crippen molar-refractivity contribution in [2.24, 2.45) is 0 Å². The number of hydrogen-bond donors (Lipinski definition) is 0. The van der Waals surface area contributed by atoms with Crippen molar-refractivity contribution in [2.75, 3.05) is 0 Å². The van der Waals surface area contributed by atoms with E-state index in [2.05, 4.69) is 4.98 Å². The Hall–Kier alpha value is -1.86. The fourth-order valence-corrected chi connectivity index (χ4v) is 2.57. The molecule has 0 radical (unpaired) electrons. The van der Waals surface area contributed by atoms with Crippen molar-refractivity contribution in [3.05, 3.63) is 48.2 Å². The third-order valence-electron chi connectivity index (χ3n) is 4.82. The summed E-state index contributed by atoms with van der Waals surface area (Å²) in [5, 5.41) is 0. The smallest absolute Gasteiger partial charge is 0.398 e. The molecule has 1 aromatic heterocycles. The maximum atomic E-state index is 12.7. The molecule has 1 aliphatic rings. The maximum absolute atomic E-state index is 12.7. The molecule has 0 saturated carbocycles. The second-order valence-electron chi connectivity index (χ2n) is 7.13. The van der Waals surface area contributed by atoms with Crippen LogP contribution in [0, 0.1) is 0 Å². The molecule has 3 rings (SSSR count). The first-order valence-corrected chi connectivity index (χ1v) is 7.99. The number of nitrogens with zero attached hydrogens (tertiary/aromatic N) is 1. The van der Waals surface area contributed by atoms with E-state index in [4.69, 9.17) is 9.31 Å². The highest BCUT2D eigenvalue weighted by molar-refractivity contribution is 6.61. The van der Waals surface area contributed by atoms with Gasteiger partial charge in [-0.1, -0.05) is 12.1 Å². The van der Waals surface area contributed by atoms with E-state index < -0.39 is 30.1 Å². The zero-order chi connectivity index (χ0) is 18.5. The highest BCUT2D eigenvalue weighted by Gasteiger charge is 2.52. The van der Waals surface area contributed by atoms with E-state index in [1.165, 1.54) is 12.1 Å². The van der Waals surface area contributed by atoms with Gasteiger partial charge in [-0.15, -0.1) is 0 Å². The summed E-state index contributed by atoms with van der Waals surface area (Å²) < 4.78 is 50.0. The Morgan fingerprint density at radius 1 is 0.880 bits per heavy atom. The maximum Gasteiger partial charge on any atom is 0.514 e. The van der Waals surface area contributed by atoms with E-state index in [0.29, 0.717) is 11.2 Å². The number of aromatic nitrogens is 1. The Labute approximate surface area is 145 Å². The van der Waals surface area contributed by atoms with Crippen molar-refractivity contribution >= 4 is 12.7 Å². The second-order valence-corrected chi connectivity index (χ2v) is 7.13. The van der Waals surface area contributed by atoms with Gasteiger partial charge in [-0.25, -0.2) is 0 Å². The van der Waals surface area contributed by atoms with Crippen molar-refractivity contribution in [3.63, 3.8) is 0 Å². The van der Waals surface area contributed by atoms with Crippen LogP contribution in [0.3, 0.4) is 0 Å². The second kappa shape index (κ2) is 5.85. The summed E-state index contributed by atoms with van der Waals surface area (Å²) in [6.07, 6.45) is -2.74. The van der Waals surface area contributed by atoms with Crippen LogP contribution in [-0.2, 0) is 15.5 Å². The molecule has 0 aliphatic carbocycles. The molecule has 0 unspecified atom stereocenters. The van der Waals surface area contributed by atoms with Gasteiger partial charge < -0.3 is 9.31 Å². The molecule has 0 atom stereocenters. The number of pyridine rings is 1. The fourth-order valence-electron chi connectivity index (χ4n) is 2.57. The minimum Gasteiger partial charge on any atom is -0.398 e. The molecule has 1 aromatic carbocycles. The molecule has 1 saturated heterocycles. The molecule has 0 N–H and O–H groups in total. The standard InChI is InChI=1S/C18H19BF3NO2/c1-16(2)17(3,4)25-19(24-16)15-11-13(9-10-23-15)12-5-7-14(8-6-12)18(20,21)22/h5-11H,1-4H3. The lowest BCUT2D eigenvalue weighted by atomic mass is 9.83. The first kappa shape index (κ1) is 18.0. The minimum atomic E-state index is -4.34. The summed E-state index contributed by atoms with van der Waals surface area (Å²) in [6, 6.07) is 8.58. The summed E-state index contributed by atoms with van der Waals surface area (Å²) in [5.41, 5.74) is 0.391. The van der Waals surface area contributed by atoms with Crippen molar-refractivity contribution in [2.45, 2.75) is 45.1 Å². The molecule has 1 aliphatic heterocycles. The van der Waals surface area contributed by atoms with Gasteiger partial charge in [0.05, 0.1) is 22.4 Å². The normalized spacial score (nSPS) is 19.2. The molecule has 132 valence electrons. The number of benzene rings is 1. The Kier molecular flexibility index (Phi) is 4.20. The van der Waals surface area contributed by atoms with Gasteiger partial charge in [-0.2, -0.15) is 13.2 Å². The SMILES string of the molecule is CC1(C)OB(c2cc(-c3ccc(C(F)(F)F)cc3)ccn2)OC1(C)C. The molecular weight excluding hydrogens is 330 g/mol. The van der Waals surface area contributed by atoms with Gasteiger partial charge in [-0.05, 0) is 63.1 Å². The number of halogens is 3. The van der Waals surface area contributed by atoms with Gasteiger partial charge in [0.1, 0.15) is 0 Å². The third-order valence-corrected chi connectivity index (χ3v) is 4.82. The predicted octanol–water partition coefficient (Wildman–Crippen LogP) is 4.07. The van der Waals surface area contributed by atoms with Crippen molar-refractivity contribution in [1.29, 1.82) is 0 Å². The molecule has 2 aromatic rings. The lowest BCUT2D eigenvalue weighted by Gasteiger charge is -2.32. The Bertz CT molecular complexity index is 757. The van der Waals surface area contributed by atoms with Crippen LogP contribution >= 0.6 is 0 Å². The van der Waals surface area contributed by atoms with Gasteiger partial charge in [0.25, 0.3) is 0 Å². The van der Waals surface area contributed by atoms with Gasteiger partial charge in [0.15, 0.2) is 0 Å². The molecule has 0 amide bonds. The zero-order valence-electron chi connectivity index (χ0n) is 14.5. The van der Waals surface area contributed by atoms with Gasteiger partial charge in [-0.3, -0.25) is 4.98 Å². The Balaban J connectivity index is 1.88. The molecule has 0 spiro atoms. The highest BCUT2D eigenvalue weighted by Crippen LogP contribution is 2.36. The van der Waals surface area contributed by atoms with Crippen LogP contribution in [-0.4, -0.2) is 23.3 Å². The molecule has 3 nitrogen and oxygen atoms in total. The summed E-state index contributed by atoms with van der Waals surface area (Å²) in [7, 11) is -0.612. The van der Waals surface area contributed by atoms with Gasteiger partial charge >= 0.3 is 13.3 Å². The summed E-state index contributed by atoms with van der Waals surface area (Å²) in [4.78, 5) is 4.30. The van der Waals surface area contributed by atoms with E-state index >= 15 is 0 Å². The molecule has 7 heteroatoms. The van der Waals surface area contributed by atoms with Crippen molar-refractivity contribution < 1.29 is 22.5 Å². The van der Waals surface area contributed by atoms with Crippen LogP contribution in [0.25, 0.3) is 11.1 Å². The van der Waals surface area contributed by atoms with Crippen LogP contribution in [0.4, 0.5) is 13.2 Å². The molecular formula is C18H19BF3NO2. The first-order valence-electron chi connectivity index (χ1n) is 7.99. The molecule has 1 fully saturated rings. The van der Waals surface area contributed by atoms with Crippen molar-refractivity contribution in [3.8, 4) is 11.1 Å². The number of alkyl halides is 3. The average molecular weight is 349 g/mol. The lowest BCUT2D eigenvalue weighted by Crippen LogP contribution is -2.41. The minimum absolute atomic E-state index is 0.482. The number of hydrogen-bond acceptors (Lipinski definition) is 3. The van der Waals surface area contributed by atoms with Crippen LogP contribution in [0.5, 0.6) is 0 Å². The quantitative estimate of drug-likeness (QED) is 0.766. The Morgan fingerprint density at radius 2 is 1.44 bits per heavy atom. The van der Waals surface area contributed by atoms with E-state index in [1.807, 2.05) is 27.7 Å². The van der Waals surface area contributed by atoms with Gasteiger partial charge in [0.2, 0.25) is 0 Å². The molecule has 2 heterocycles. The lowest BCUT2D eigenvalue weighted by molar-refractivity contribution is -0.137. The topological polar surface area (TPSA) is 31.4 Å². The summed E-state index contributed by atoms with van der Waals surface area (Å²) in [6.45, 7) is 7.80.